The molecule has 0 aliphatic heterocycles. The van der Waals surface area contributed by atoms with Crippen molar-refractivity contribution in [3.8, 4) is 0 Å². The molecule has 0 aliphatic rings. The van der Waals surface area contributed by atoms with Crippen molar-refractivity contribution < 1.29 is 43.2 Å². The minimum absolute atomic E-state index is 0.0127. The zero-order chi connectivity index (χ0) is 56.7. The van der Waals surface area contributed by atoms with E-state index in [2.05, 4.69) is 52.5 Å². The average Bonchev–Trinajstić information content (AvgIpc) is 3.29. The first kappa shape index (κ1) is 67.7. The van der Waals surface area contributed by atoms with Crippen LogP contribution in [0.5, 0.6) is 0 Å². The number of primary amides is 1. The van der Waals surface area contributed by atoms with Crippen molar-refractivity contribution >= 4 is 65.1 Å². The van der Waals surface area contributed by atoms with Gasteiger partial charge in [-0.3, -0.25) is 53.1 Å². The topological polar surface area (TPSA) is 431 Å². The molecule has 0 heterocycles. The van der Waals surface area contributed by atoms with Gasteiger partial charge in [0, 0.05) is 20.0 Å². The van der Waals surface area contributed by atoms with Crippen LogP contribution in [-0.4, -0.2) is 133 Å². The summed E-state index contributed by atoms with van der Waals surface area (Å²) in [4.78, 5) is 130. The second-order valence-corrected chi connectivity index (χ2v) is 20.5. The van der Waals surface area contributed by atoms with Gasteiger partial charge in [-0.05, 0) is 101 Å². The molecule has 0 saturated carbocycles. The number of aliphatic imine (C=N–C) groups is 2. The lowest BCUT2D eigenvalue weighted by Crippen LogP contribution is -2.61. The van der Waals surface area contributed by atoms with Crippen molar-refractivity contribution in [1.29, 1.82) is 0 Å². The number of amides is 9. The normalized spacial score (nSPS) is 14.5. The molecule has 74 heavy (non-hydrogen) atoms. The minimum atomic E-state index is -1.29. The molecule has 0 rings (SSSR count). The molecule has 0 aromatic rings. The van der Waals surface area contributed by atoms with Gasteiger partial charge in [-0.1, -0.05) is 75.2 Å². The van der Waals surface area contributed by atoms with E-state index in [1.807, 2.05) is 48.5 Å². The maximum Gasteiger partial charge on any atom is 0.243 e. The first-order chi connectivity index (χ1) is 34.6. The summed E-state index contributed by atoms with van der Waals surface area (Å²) in [5, 5.41) is 21.9. The maximum atomic E-state index is 14.3. The molecule has 9 amide bonds. The molecule has 0 spiro atoms. The van der Waals surface area contributed by atoms with Crippen LogP contribution in [0, 0.1) is 23.7 Å². The summed E-state index contributed by atoms with van der Waals surface area (Å²) in [7, 11) is 0. The highest BCUT2D eigenvalue weighted by atomic mass is 16.2. The maximum absolute atomic E-state index is 14.3. The van der Waals surface area contributed by atoms with E-state index in [0.717, 1.165) is 6.42 Å². The van der Waals surface area contributed by atoms with Crippen LogP contribution in [0.1, 0.15) is 153 Å². The molecule has 8 atom stereocenters. The SMILES string of the molecule is CCCC[C@@H](NC(C)=O)C(=O)N[C@@H](CC(C)C)C(=O)N[C@@H](CC(C)C)C(=O)N[C@@H](CC(C)C)C(=O)N[C@@H](CCCN=C(N)N)C(=O)N[C@H](C(=O)N[C@@H](CCCCN)C(=O)N[C@@H](CCCN=C(N)N)C(N)=O)C(C)C. The molecule has 0 aliphatic carbocycles. The Balaban J connectivity index is 6.76. The van der Waals surface area contributed by atoms with Crippen molar-refractivity contribution in [2.45, 2.75) is 201 Å². The van der Waals surface area contributed by atoms with Crippen LogP contribution in [0.2, 0.25) is 0 Å². The van der Waals surface area contributed by atoms with Crippen LogP contribution in [0.3, 0.4) is 0 Å². The van der Waals surface area contributed by atoms with Crippen molar-refractivity contribution in [3.05, 3.63) is 0 Å². The number of hydrogen-bond acceptors (Lipinski definition) is 12. The van der Waals surface area contributed by atoms with E-state index in [1.165, 1.54) is 6.92 Å². The Labute approximate surface area is 438 Å². The molecule has 20 N–H and O–H groups in total. The van der Waals surface area contributed by atoms with Gasteiger partial charge in [-0.2, -0.15) is 0 Å². The Bertz CT molecular complexity index is 1850. The average molecular weight is 1050 g/mol. The van der Waals surface area contributed by atoms with E-state index in [4.69, 9.17) is 34.4 Å². The fraction of sp³-hybridized carbons (Fsp3) is 0.776. The van der Waals surface area contributed by atoms with Gasteiger partial charge in [0.1, 0.15) is 48.3 Å². The molecule has 25 nitrogen and oxygen atoms in total. The first-order valence-corrected chi connectivity index (χ1v) is 26.1. The van der Waals surface area contributed by atoms with E-state index in [0.29, 0.717) is 38.6 Å². The van der Waals surface area contributed by atoms with Gasteiger partial charge in [0.15, 0.2) is 11.9 Å². The monoisotopic (exact) mass is 1050 g/mol. The second kappa shape index (κ2) is 36.6. The lowest BCUT2D eigenvalue weighted by Gasteiger charge is -2.30. The zero-order valence-corrected chi connectivity index (χ0v) is 45.8. The number of nitrogens with two attached hydrogens (primary N) is 6. The summed E-state index contributed by atoms with van der Waals surface area (Å²) in [6.45, 7) is 18.4. The van der Waals surface area contributed by atoms with E-state index in [1.54, 1.807) is 13.8 Å². The van der Waals surface area contributed by atoms with Crippen LogP contribution in [0.15, 0.2) is 9.98 Å². The number of unbranched alkanes of at least 4 members (excludes halogenated alkanes) is 2. The largest absolute Gasteiger partial charge is 0.370 e. The molecule has 0 aromatic heterocycles. The third kappa shape index (κ3) is 29.4. The Morgan fingerprint density at radius 2 is 0.730 bits per heavy atom. The standard InChI is InChI=1S/C49H94N16O9/c1-11-12-17-33(58-31(10)66)41(68)62-37(25-28(4)5)45(72)64-38(26-29(6)7)46(73)63-36(24-27(2)3)44(71)60-35(20-16-23-57-49(54)55)43(70)65-39(30(8)9)47(74)61-34(18-13-14-21-50)42(69)59-32(40(51)67)19-15-22-56-48(52)53/h27-30,32-39H,11-26,50H2,1-10H3,(H2,51,67)(H,58,66)(H,59,69)(H,60,71)(H,61,74)(H,62,68)(H,63,73)(H,64,72)(H,65,70)(H4,52,53,56)(H4,54,55,57)/t32-,33+,34-,35-,36-,37-,38-,39-/m0/s1. The van der Waals surface area contributed by atoms with Crippen molar-refractivity contribution in [1.82, 2.24) is 42.5 Å². The van der Waals surface area contributed by atoms with E-state index in [9.17, 15) is 43.2 Å². The number of rotatable bonds is 38. The summed E-state index contributed by atoms with van der Waals surface area (Å²) >= 11 is 0. The molecular formula is C49H94N16O9. The fourth-order valence-corrected chi connectivity index (χ4v) is 7.77. The van der Waals surface area contributed by atoms with E-state index in [-0.39, 0.29) is 87.7 Å². The van der Waals surface area contributed by atoms with Crippen LogP contribution in [0.25, 0.3) is 0 Å². The van der Waals surface area contributed by atoms with Gasteiger partial charge in [0.2, 0.25) is 53.2 Å². The number of nitrogens with one attached hydrogen (secondary N) is 8. The Kier molecular flexibility index (Phi) is 33.5. The molecule has 0 aromatic carbocycles. The molecule has 0 saturated heterocycles. The fourth-order valence-electron chi connectivity index (χ4n) is 7.77. The second-order valence-electron chi connectivity index (χ2n) is 20.5. The summed E-state index contributed by atoms with van der Waals surface area (Å²) in [6, 6.07) is -9.07. The number of carbonyl (C=O) groups excluding carboxylic acids is 9. The highest BCUT2D eigenvalue weighted by Gasteiger charge is 2.36. The summed E-state index contributed by atoms with van der Waals surface area (Å²) < 4.78 is 0. The third-order valence-corrected chi connectivity index (χ3v) is 11.6. The van der Waals surface area contributed by atoms with Gasteiger partial charge in [0.05, 0.1) is 0 Å². The minimum Gasteiger partial charge on any atom is -0.370 e. The molecule has 424 valence electrons. The number of carbonyl (C=O) groups is 9. The zero-order valence-electron chi connectivity index (χ0n) is 45.8. The Morgan fingerprint density at radius 1 is 0.405 bits per heavy atom. The summed E-state index contributed by atoms with van der Waals surface area (Å²) in [5.41, 5.74) is 33.2. The lowest BCUT2D eigenvalue weighted by atomic mass is 9.98. The Hall–Kier alpha value is -6.27. The summed E-state index contributed by atoms with van der Waals surface area (Å²) in [6.07, 6.45) is 4.01. The van der Waals surface area contributed by atoms with Gasteiger partial charge in [0.25, 0.3) is 0 Å². The van der Waals surface area contributed by atoms with Gasteiger partial charge < -0.3 is 76.9 Å². The molecule has 0 fully saturated rings. The molecular weight excluding hydrogens is 957 g/mol. The quantitative estimate of drug-likeness (QED) is 0.0192. The Morgan fingerprint density at radius 3 is 1.08 bits per heavy atom. The van der Waals surface area contributed by atoms with Gasteiger partial charge in [-0.25, -0.2) is 0 Å². The molecule has 0 bridgehead atoms. The van der Waals surface area contributed by atoms with E-state index < -0.39 is 107 Å². The van der Waals surface area contributed by atoms with Crippen LogP contribution in [-0.2, 0) is 43.2 Å². The lowest BCUT2D eigenvalue weighted by molar-refractivity contribution is -0.136. The van der Waals surface area contributed by atoms with Gasteiger partial charge in [-0.15, -0.1) is 0 Å². The molecule has 25 heteroatoms. The highest BCUT2D eigenvalue weighted by molar-refractivity contribution is 5.98. The van der Waals surface area contributed by atoms with E-state index >= 15 is 0 Å². The van der Waals surface area contributed by atoms with Crippen molar-refractivity contribution in [2.75, 3.05) is 19.6 Å². The molecule has 0 radical (unpaired) electrons. The predicted molar refractivity (Wildman–Crippen MR) is 286 cm³/mol. The van der Waals surface area contributed by atoms with Crippen LogP contribution >= 0.6 is 0 Å². The van der Waals surface area contributed by atoms with Crippen molar-refractivity contribution in [2.24, 2.45) is 68.1 Å². The highest BCUT2D eigenvalue weighted by Crippen LogP contribution is 2.14. The smallest absolute Gasteiger partial charge is 0.243 e. The van der Waals surface area contributed by atoms with Crippen LogP contribution in [0.4, 0.5) is 0 Å². The number of guanidine groups is 2. The number of nitrogens with zero attached hydrogens (tertiary/aromatic N) is 2. The van der Waals surface area contributed by atoms with Crippen molar-refractivity contribution in [3.63, 3.8) is 0 Å². The van der Waals surface area contributed by atoms with Crippen LogP contribution < -0.4 is 76.9 Å². The third-order valence-electron chi connectivity index (χ3n) is 11.6. The summed E-state index contributed by atoms with van der Waals surface area (Å²) in [5.74, 6) is -7.12. The predicted octanol–water partition coefficient (Wildman–Crippen LogP) is -1.41. The van der Waals surface area contributed by atoms with Gasteiger partial charge >= 0.3 is 0 Å². The molecule has 0 unspecified atom stereocenters. The first-order valence-electron chi connectivity index (χ1n) is 26.1. The number of hydrogen-bond donors (Lipinski definition) is 14.